The molecule has 5 aromatic heterocycles. The second-order valence-corrected chi connectivity index (χ2v) is 9.97. The highest BCUT2D eigenvalue weighted by atomic mass is 16.5. The second-order valence-electron chi connectivity index (χ2n) is 9.97. The monoisotopic (exact) mass is 513 g/mol. The van der Waals surface area contributed by atoms with Crippen molar-refractivity contribution in [1.29, 1.82) is 0 Å². The van der Waals surface area contributed by atoms with Crippen molar-refractivity contribution in [2.24, 2.45) is 7.05 Å². The Labute approximate surface area is 217 Å². The van der Waals surface area contributed by atoms with Gasteiger partial charge in [-0.25, -0.2) is 9.50 Å². The van der Waals surface area contributed by atoms with Crippen molar-refractivity contribution < 1.29 is 14.6 Å². The Morgan fingerprint density at radius 2 is 2.00 bits per heavy atom. The van der Waals surface area contributed by atoms with Gasteiger partial charge in [-0.05, 0) is 55.4 Å². The lowest BCUT2D eigenvalue weighted by Crippen LogP contribution is -2.39. The maximum atomic E-state index is 13.4. The van der Waals surface area contributed by atoms with E-state index < -0.39 is 6.10 Å². The first kappa shape index (κ1) is 22.8. The van der Waals surface area contributed by atoms with Crippen molar-refractivity contribution in [1.82, 2.24) is 28.7 Å². The number of fused-ring (bicyclic) bond motifs is 2. The molecule has 0 unspecified atom stereocenters. The molecule has 194 valence electrons. The zero-order valence-electron chi connectivity index (χ0n) is 21.0. The number of aromatic nitrogens is 6. The standard InChI is InChI=1S/C27H27N7O4/c1-32-23-24(37-2)22(38-21-13-29-34-10-4-3-5-19(21)34)12-28-25(23)31-27(32)30-17-11-16(15-6-7-15)14-33(26(17)36)18-8-9-20(18)35/h3-5,10-15,18,20,35H,6-9H2,1-2H3,(H,28,30,31)/t18-,20-/m0/s1. The molecule has 5 heterocycles. The molecule has 5 aromatic rings. The van der Waals surface area contributed by atoms with Crippen LogP contribution in [-0.2, 0) is 7.05 Å². The minimum Gasteiger partial charge on any atom is -0.491 e. The van der Waals surface area contributed by atoms with Crippen molar-refractivity contribution in [3.63, 3.8) is 0 Å². The Balaban J connectivity index is 1.28. The summed E-state index contributed by atoms with van der Waals surface area (Å²) in [6.07, 6.45) is 10.2. The van der Waals surface area contributed by atoms with Crippen LogP contribution in [0.2, 0.25) is 0 Å². The van der Waals surface area contributed by atoms with Gasteiger partial charge in [-0.2, -0.15) is 10.1 Å². The van der Waals surface area contributed by atoms with Gasteiger partial charge in [0.15, 0.2) is 22.9 Å². The van der Waals surface area contributed by atoms with Gasteiger partial charge in [-0.1, -0.05) is 6.07 Å². The number of ether oxygens (including phenoxy) is 2. The van der Waals surface area contributed by atoms with Crippen molar-refractivity contribution in [2.45, 2.75) is 43.7 Å². The van der Waals surface area contributed by atoms with E-state index in [1.807, 2.05) is 43.7 Å². The zero-order valence-corrected chi connectivity index (χ0v) is 21.0. The van der Waals surface area contributed by atoms with E-state index in [0.717, 1.165) is 30.3 Å². The molecule has 0 aromatic carbocycles. The first-order valence-corrected chi connectivity index (χ1v) is 12.7. The molecule has 2 atom stereocenters. The van der Waals surface area contributed by atoms with Crippen LogP contribution >= 0.6 is 0 Å². The maximum absolute atomic E-state index is 13.4. The molecule has 38 heavy (non-hydrogen) atoms. The Morgan fingerprint density at radius 1 is 1.13 bits per heavy atom. The molecule has 2 aliphatic rings. The number of methoxy groups -OCH3 is 1. The molecule has 0 saturated heterocycles. The first-order chi connectivity index (χ1) is 18.5. The number of aliphatic hydroxyl groups is 1. The van der Waals surface area contributed by atoms with Crippen LogP contribution in [0, 0.1) is 0 Å². The molecule has 0 aliphatic heterocycles. The third-order valence-corrected chi connectivity index (χ3v) is 7.55. The van der Waals surface area contributed by atoms with E-state index in [4.69, 9.17) is 9.47 Å². The number of nitrogens with one attached hydrogen (secondary N) is 1. The fraction of sp³-hybridized carbons (Fsp3) is 0.333. The smallest absolute Gasteiger partial charge is 0.274 e. The largest absolute Gasteiger partial charge is 0.491 e. The third kappa shape index (κ3) is 3.61. The van der Waals surface area contributed by atoms with Crippen LogP contribution in [-0.4, -0.2) is 47.0 Å². The van der Waals surface area contributed by atoms with E-state index in [-0.39, 0.29) is 11.6 Å². The van der Waals surface area contributed by atoms with Crippen LogP contribution in [0.1, 0.15) is 43.2 Å². The summed E-state index contributed by atoms with van der Waals surface area (Å²) in [5.41, 5.74) is 3.23. The molecule has 0 bridgehead atoms. The highest BCUT2D eigenvalue weighted by Crippen LogP contribution is 2.42. The highest BCUT2D eigenvalue weighted by Gasteiger charge is 2.33. The summed E-state index contributed by atoms with van der Waals surface area (Å²) in [6, 6.07) is 7.44. The summed E-state index contributed by atoms with van der Waals surface area (Å²) in [4.78, 5) is 22.6. The summed E-state index contributed by atoms with van der Waals surface area (Å²) >= 11 is 0. The van der Waals surface area contributed by atoms with E-state index in [0.29, 0.717) is 52.4 Å². The molecule has 2 fully saturated rings. The van der Waals surface area contributed by atoms with Crippen LogP contribution in [0.4, 0.5) is 11.6 Å². The summed E-state index contributed by atoms with van der Waals surface area (Å²) < 4.78 is 17.1. The van der Waals surface area contributed by atoms with Crippen LogP contribution in [0.3, 0.4) is 0 Å². The molecule has 0 spiro atoms. The van der Waals surface area contributed by atoms with Crippen LogP contribution in [0.5, 0.6) is 17.2 Å². The van der Waals surface area contributed by atoms with E-state index >= 15 is 0 Å². The van der Waals surface area contributed by atoms with Gasteiger partial charge in [0.2, 0.25) is 5.95 Å². The number of aryl methyl sites for hydroxylation is 1. The van der Waals surface area contributed by atoms with Crippen LogP contribution < -0.4 is 20.3 Å². The van der Waals surface area contributed by atoms with Gasteiger partial charge in [0.1, 0.15) is 16.7 Å². The van der Waals surface area contributed by atoms with E-state index in [1.165, 1.54) is 0 Å². The number of hydrogen-bond donors (Lipinski definition) is 2. The van der Waals surface area contributed by atoms with Crippen LogP contribution in [0.25, 0.3) is 16.7 Å². The number of pyridine rings is 3. The van der Waals surface area contributed by atoms with Crippen molar-refractivity contribution in [3.05, 3.63) is 65.0 Å². The number of anilines is 2. The molecule has 0 amide bonds. The minimum absolute atomic E-state index is 0.178. The van der Waals surface area contributed by atoms with E-state index in [1.54, 1.807) is 33.2 Å². The fourth-order valence-electron chi connectivity index (χ4n) is 5.12. The lowest BCUT2D eigenvalue weighted by atomic mass is 9.88. The average Bonchev–Trinajstić information content (AvgIpc) is 3.63. The quantitative estimate of drug-likeness (QED) is 0.336. The average molecular weight is 514 g/mol. The van der Waals surface area contributed by atoms with Gasteiger partial charge >= 0.3 is 0 Å². The van der Waals surface area contributed by atoms with Gasteiger partial charge < -0.3 is 29.0 Å². The topological polar surface area (TPSA) is 121 Å². The summed E-state index contributed by atoms with van der Waals surface area (Å²) in [5, 5.41) is 17.8. The molecular formula is C27H27N7O4. The van der Waals surface area contributed by atoms with E-state index in [2.05, 4.69) is 20.4 Å². The molecule has 7 rings (SSSR count). The number of rotatable bonds is 7. The Bertz CT molecular complexity index is 1750. The molecule has 2 N–H and O–H groups in total. The Hall–Kier alpha value is -4.38. The molecule has 11 heteroatoms. The third-order valence-electron chi connectivity index (χ3n) is 7.55. The van der Waals surface area contributed by atoms with Crippen LogP contribution in [0.15, 0.2) is 53.8 Å². The summed E-state index contributed by atoms with van der Waals surface area (Å²) in [7, 11) is 3.40. The van der Waals surface area contributed by atoms with Gasteiger partial charge in [-0.15, -0.1) is 0 Å². The molecular weight excluding hydrogens is 486 g/mol. The number of imidazole rings is 1. The summed E-state index contributed by atoms with van der Waals surface area (Å²) in [6.45, 7) is 0. The lowest BCUT2D eigenvalue weighted by Gasteiger charge is -2.34. The summed E-state index contributed by atoms with van der Waals surface area (Å²) in [5.74, 6) is 2.35. The van der Waals surface area contributed by atoms with Gasteiger partial charge in [0, 0.05) is 19.4 Å². The normalized spacial score (nSPS) is 19.0. The molecule has 0 radical (unpaired) electrons. The number of hydrogen-bond acceptors (Lipinski definition) is 8. The highest BCUT2D eigenvalue weighted by molar-refractivity contribution is 5.85. The van der Waals surface area contributed by atoms with Gasteiger partial charge in [0.25, 0.3) is 5.56 Å². The number of nitrogens with zero attached hydrogens (tertiary/aromatic N) is 6. The van der Waals surface area contributed by atoms with Gasteiger partial charge in [-0.3, -0.25) is 4.79 Å². The predicted molar refractivity (Wildman–Crippen MR) is 141 cm³/mol. The SMILES string of the molecule is COc1c(Oc2cnn3ccccc23)cnc2nc(Nc3cc(C4CC4)cn([C@H]4CC[C@@H]4O)c3=O)n(C)c12. The first-order valence-electron chi connectivity index (χ1n) is 12.7. The Kier molecular flexibility index (Phi) is 5.15. The molecule has 2 aliphatic carbocycles. The second kappa shape index (κ2) is 8.59. The maximum Gasteiger partial charge on any atom is 0.274 e. The predicted octanol–water partition coefficient (Wildman–Crippen LogP) is 3.90. The fourth-order valence-corrected chi connectivity index (χ4v) is 5.12. The van der Waals surface area contributed by atoms with Gasteiger partial charge in [0.05, 0.1) is 31.6 Å². The van der Waals surface area contributed by atoms with Crippen molar-refractivity contribution >= 4 is 28.3 Å². The zero-order chi connectivity index (χ0) is 26.0. The lowest BCUT2D eigenvalue weighted by molar-refractivity contribution is 0.0299. The number of aliphatic hydroxyl groups excluding tert-OH is 1. The van der Waals surface area contributed by atoms with Crippen molar-refractivity contribution in [3.8, 4) is 17.2 Å². The molecule has 11 nitrogen and oxygen atoms in total. The van der Waals surface area contributed by atoms with E-state index in [9.17, 15) is 9.90 Å². The minimum atomic E-state index is -0.495. The van der Waals surface area contributed by atoms with Crippen molar-refractivity contribution in [2.75, 3.05) is 12.4 Å². The molecule has 2 saturated carbocycles. The Morgan fingerprint density at radius 3 is 2.74 bits per heavy atom.